The number of aliphatic hydroxyl groups is 1. The quantitative estimate of drug-likeness (QED) is 0.527. The number of aliphatic hydroxyl groups excluding tert-OH is 1. The largest absolute Gasteiger partial charge is 0.393 e. The van der Waals surface area contributed by atoms with Crippen molar-refractivity contribution >= 4 is 0 Å². The van der Waals surface area contributed by atoms with Crippen LogP contribution in [-0.2, 0) is 0 Å². The third kappa shape index (κ3) is 1.48. The average molecular weight is 152 g/mol. The van der Waals surface area contributed by atoms with Gasteiger partial charge in [-0.15, -0.1) is 0 Å². The second-order valence-electron chi connectivity index (χ2n) is 3.91. The summed E-state index contributed by atoms with van der Waals surface area (Å²) < 4.78 is 0. The van der Waals surface area contributed by atoms with Crippen LogP contribution in [-0.4, -0.2) is 11.2 Å². The zero-order chi connectivity index (χ0) is 7.68. The minimum Gasteiger partial charge on any atom is -0.393 e. The molecule has 1 fully saturated rings. The predicted molar refractivity (Wildman–Crippen MR) is 45.2 cm³/mol. The summed E-state index contributed by atoms with van der Waals surface area (Å²) in [6, 6.07) is 0. The molecule has 0 saturated heterocycles. The lowest BCUT2D eigenvalue weighted by molar-refractivity contribution is 0.101. The summed E-state index contributed by atoms with van der Waals surface area (Å²) in [4.78, 5) is 0. The molecular formula is C10H16O. The topological polar surface area (TPSA) is 20.2 Å². The van der Waals surface area contributed by atoms with Crippen LogP contribution in [0.4, 0.5) is 0 Å². The molecule has 2 bridgehead atoms. The Kier molecular flexibility index (Phi) is 1.99. The molecule has 3 atom stereocenters. The van der Waals surface area contributed by atoms with E-state index in [0.29, 0.717) is 5.92 Å². The van der Waals surface area contributed by atoms with Crippen LogP contribution in [0.15, 0.2) is 12.2 Å². The minimum absolute atomic E-state index is 0.00931. The molecule has 0 aliphatic heterocycles. The Morgan fingerprint density at radius 3 is 2.82 bits per heavy atom. The van der Waals surface area contributed by atoms with Crippen molar-refractivity contribution in [2.45, 2.75) is 38.2 Å². The van der Waals surface area contributed by atoms with Crippen LogP contribution in [0.2, 0.25) is 0 Å². The van der Waals surface area contributed by atoms with Gasteiger partial charge in [-0.2, -0.15) is 0 Å². The van der Waals surface area contributed by atoms with Gasteiger partial charge in [0.2, 0.25) is 0 Å². The van der Waals surface area contributed by atoms with Gasteiger partial charge < -0.3 is 5.11 Å². The van der Waals surface area contributed by atoms with Gasteiger partial charge in [-0.25, -0.2) is 0 Å². The van der Waals surface area contributed by atoms with Crippen LogP contribution < -0.4 is 0 Å². The highest BCUT2D eigenvalue weighted by molar-refractivity contribution is 4.97. The molecule has 0 heterocycles. The number of rotatable bonds is 0. The highest BCUT2D eigenvalue weighted by Gasteiger charge is 2.25. The van der Waals surface area contributed by atoms with Gasteiger partial charge in [0.15, 0.2) is 0 Å². The molecule has 3 unspecified atom stereocenters. The van der Waals surface area contributed by atoms with E-state index in [4.69, 9.17) is 0 Å². The van der Waals surface area contributed by atoms with Crippen LogP contribution in [0.5, 0.6) is 0 Å². The van der Waals surface area contributed by atoms with E-state index < -0.39 is 0 Å². The first-order valence-electron chi connectivity index (χ1n) is 4.71. The fraction of sp³-hybridized carbons (Fsp3) is 0.800. The lowest BCUT2D eigenvalue weighted by atomic mass is 9.94. The molecule has 0 spiro atoms. The first-order chi connectivity index (χ1) is 5.36. The van der Waals surface area contributed by atoms with Crippen LogP contribution in [0.3, 0.4) is 0 Å². The van der Waals surface area contributed by atoms with E-state index in [-0.39, 0.29) is 6.10 Å². The van der Waals surface area contributed by atoms with Gasteiger partial charge in [0, 0.05) is 0 Å². The van der Waals surface area contributed by atoms with Crippen LogP contribution in [0.1, 0.15) is 32.1 Å². The van der Waals surface area contributed by atoms with E-state index in [0.717, 1.165) is 18.8 Å². The molecule has 0 amide bonds. The Morgan fingerprint density at radius 1 is 1.09 bits per heavy atom. The maximum atomic E-state index is 9.67. The lowest BCUT2D eigenvalue weighted by Gasteiger charge is -2.18. The maximum absolute atomic E-state index is 9.67. The lowest BCUT2D eigenvalue weighted by Crippen LogP contribution is -2.18. The summed E-state index contributed by atoms with van der Waals surface area (Å²) in [6.45, 7) is 0. The van der Waals surface area contributed by atoms with E-state index >= 15 is 0 Å². The monoisotopic (exact) mass is 152 g/mol. The van der Waals surface area contributed by atoms with Crippen molar-refractivity contribution in [1.82, 2.24) is 0 Å². The Labute approximate surface area is 68.1 Å². The summed E-state index contributed by atoms with van der Waals surface area (Å²) in [5.74, 6) is 1.34. The Hall–Kier alpha value is -0.300. The van der Waals surface area contributed by atoms with Gasteiger partial charge in [-0.3, -0.25) is 0 Å². The third-order valence-electron chi connectivity index (χ3n) is 3.13. The van der Waals surface area contributed by atoms with Crippen molar-refractivity contribution in [3.05, 3.63) is 12.2 Å². The second kappa shape index (κ2) is 2.98. The fourth-order valence-electron chi connectivity index (χ4n) is 2.30. The van der Waals surface area contributed by atoms with Gasteiger partial charge >= 0.3 is 0 Å². The zero-order valence-electron chi connectivity index (χ0n) is 6.87. The van der Waals surface area contributed by atoms with E-state index in [2.05, 4.69) is 12.2 Å². The molecule has 0 radical (unpaired) electrons. The molecule has 62 valence electrons. The van der Waals surface area contributed by atoms with Gasteiger partial charge in [-0.1, -0.05) is 12.2 Å². The molecule has 0 aromatic rings. The van der Waals surface area contributed by atoms with E-state index in [1.807, 2.05) is 0 Å². The average Bonchev–Trinajstić information content (AvgIpc) is 2.29. The Morgan fingerprint density at radius 2 is 1.91 bits per heavy atom. The molecule has 1 heteroatoms. The van der Waals surface area contributed by atoms with Gasteiger partial charge in [0.25, 0.3) is 0 Å². The first-order valence-corrected chi connectivity index (χ1v) is 4.71. The van der Waals surface area contributed by atoms with E-state index in [1.54, 1.807) is 0 Å². The zero-order valence-corrected chi connectivity index (χ0v) is 6.87. The molecule has 2 rings (SSSR count). The number of hydrogen-bond acceptors (Lipinski definition) is 1. The molecule has 1 saturated carbocycles. The van der Waals surface area contributed by atoms with Crippen LogP contribution in [0, 0.1) is 11.8 Å². The summed E-state index contributed by atoms with van der Waals surface area (Å²) in [5.41, 5.74) is 0. The first kappa shape index (κ1) is 7.35. The molecule has 1 N–H and O–H groups in total. The summed E-state index contributed by atoms with van der Waals surface area (Å²) in [5, 5.41) is 9.67. The minimum atomic E-state index is -0.00931. The van der Waals surface area contributed by atoms with Gasteiger partial charge in [0.05, 0.1) is 6.10 Å². The standard InChI is InChI=1S/C10H16O/c11-10-7-5-8-2-1-3-9(10)6-4-8/h1-2,8-11H,3-7H2. The highest BCUT2D eigenvalue weighted by Crippen LogP contribution is 2.33. The van der Waals surface area contributed by atoms with Gasteiger partial charge in [-0.05, 0) is 43.9 Å². The van der Waals surface area contributed by atoms with Crippen LogP contribution in [0.25, 0.3) is 0 Å². The van der Waals surface area contributed by atoms with Crippen molar-refractivity contribution in [2.75, 3.05) is 0 Å². The maximum Gasteiger partial charge on any atom is 0.0571 e. The molecule has 1 nitrogen and oxygen atoms in total. The van der Waals surface area contributed by atoms with Crippen LogP contribution >= 0.6 is 0 Å². The molecule has 0 aromatic heterocycles. The number of fused-ring (bicyclic) bond motifs is 3. The molecule has 0 aromatic carbocycles. The second-order valence-corrected chi connectivity index (χ2v) is 3.91. The summed E-state index contributed by atoms with van der Waals surface area (Å²) in [7, 11) is 0. The Balaban J connectivity index is 2.14. The Bertz CT molecular complexity index is 162. The van der Waals surface area contributed by atoms with Crippen molar-refractivity contribution in [1.29, 1.82) is 0 Å². The molecular weight excluding hydrogens is 136 g/mol. The highest BCUT2D eigenvalue weighted by atomic mass is 16.3. The van der Waals surface area contributed by atoms with Gasteiger partial charge in [0.1, 0.15) is 0 Å². The number of hydrogen-bond donors (Lipinski definition) is 1. The fourth-order valence-corrected chi connectivity index (χ4v) is 2.30. The summed E-state index contributed by atoms with van der Waals surface area (Å²) in [6.07, 6.45) is 10.5. The summed E-state index contributed by atoms with van der Waals surface area (Å²) >= 11 is 0. The molecule has 11 heavy (non-hydrogen) atoms. The molecule has 2 aliphatic rings. The molecule has 2 aliphatic carbocycles. The van der Waals surface area contributed by atoms with Crippen molar-refractivity contribution in [3.63, 3.8) is 0 Å². The number of allylic oxidation sites excluding steroid dienone is 2. The smallest absolute Gasteiger partial charge is 0.0571 e. The third-order valence-corrected chi connectivity index (χ3v) is 3.13. The van der Waals surface area contributed by atoms with Crippen molar-refractivity contribution in [2.24, 2.45) is 11.8 Å². The van der Waals surface area contributed by atoms with Crippen molar-refractivity contribution < 1.29 is 5.11 Å². The van der Waals surface area contributed by atoms with Crippen molar-refractivity contribution in [3.8, 4) is 0 Å². The van der Waals surface area contributed by atoms with E-state index in [9.17, 15) is 5.11 Å². The van der Waals surface area contributed by atoms with E-state index in [1.165, 1.54) is 19.3 Å². The SMILES string of the molecule is OC1CCC2C=CCC1CC2. The normalized spacial score (nSPS) is 43.5. The predicted octanol–water partition coefficient (Wildman–Crippen LogP) is 2.11.